The molecule has 1 aliphatic heterocycles. The van der Waals surface area contributed by atoms with Crippen molar-refractivity contribution in [3.63, 3.8) is 0 Å². The van der Waals surface area contributed by atoms with Gasteiger partial charge in [-0.15, -0.1) is 0 Å². The molecule has 0 bridgehead atoms. The molecule has 0 unspecified atom stereocenters. The zero-order valence-electron chi connectivity index (χ0n) is 12.0. The van der Waals surface area contributed by atoms with Gasteiger partial charge < -0.3 is 25.8 Å². The monoisotopic (exact) mass is 325 g/mol. The summed E-state index contributed by atoms with van der Waals surface area (Å²) in [6.45, 7) is 0.669. The lowest BCUT2D eigenvalue weighted by Crippen LogP contribution is -2.33. The van der Waals surface area contributed by atoms with Gasteiger partial charge in [0.15, 0.2) is 17.4 Å². The van der Waals surface area contributed by atoms with E-state index in [2.05, 4.69) is 9.97 Å². The van der Waals surface area contributed by atoms with E-state index in [0.717, 1.165) is 6.92 Å². The second-order valence-corrected chi connectivity index (χ2v) is 5.18. The average molecular weight is 325 g/mol. The third-order valence-electron chi connectivity index (χ3n) is 3.73. The van der Waals surface area contributed by atoms with E-state index in [9.17, 15) is 19.8 Å². The second-order valence-electron chi connectivity index (χ2n) is 5.18. The first kappa shape index (κ1) is 15.6. The van der Waals surface area contributed by atoms with Crippen LogP contribution in [0.2, 0.25) is 0 Å². The average Bonchev–Trinajstić information content (AvgIpc) is 3.01. The molecule has 1 fully saturated rings. The van der Waals surface area contributed by atoms with Gasteiger partial charge >= 0.3 is 0 Å². The summed E-state index contributed by atoms with van der Waals surface area (Å²) in [4.78, 5) is 31.5. The number of rotatable bonds is 2. The second kappa shape index (κ2) is 5.38. The van der Waals surface area contributed by atoms with Crippen LogP contribution in [0, 0.1) is 0 Å². The summed E-state index contributed by atoms with van der Waals surface area (Å²) in [6.07, 6.45) is -3.57. The van der Waals surface area contributed by atoms with Crippen LogP contribution in [0.4, 0.5) is 5.95 Å². The Morgan fingerprint density at radius 2 is 2.13 bits per heavy atom. The minimum atomic E-state index is -1.36. The molecule has 0 spiro atoms. The summed E-state index contributed by atoms with van der Waals surface area (Å²) in [5.41, 5.74) is 4.75. The number of aliphatic hydroxyl groups excluding tert-OH is 3. The summed E-state index contributed by atoms with van der Waals surface area (Å²) in [5, 5.41) is 29.0. The van der Waals surface area contributed by atoms with Crippen molar-refractivity contribution >= 4 is 23.0 Å². The van der Waals surface area contributed by atoms with E-state index >= 15 is 0 Å². The van der Waals surface area contributed by atoms with Crippen molar-refractivity contribution in [1.82, 2.24) is 19.1 Å². The lowest BCUT2D eigenvalue weighted by Gasteiger charge is -2.16. The number of hydrogen-bond acceptors (Lipinski definition) is 9. The van der Waals surface area contributed by atoms with Crippen LogP contribution in [0.25, 0.3) is 11.2 Å². The maximum Gasteiger partial charge on any atom is 0.289 e. The number of nitrogens with zero attached hydrogens (tertiary/aromatic N) is 4. The van der Waals surface area contributed by atoms with Crippen LogP contribution in [0.1, 0.15) is 17.9 Å². The van der Waals surface area contributed by atoms with Gasteiger partial charge in [-0.05, 0) is 0 Å². The Balaban J connectivity index is 2.15. The molecule has 1 saturated heterocycles. The van der Waals surface area contributed by atoms with E-state index in [0.29, 0.717) is 4.57 Å². The van der Waals surface area contributed by atoms with Crippen LogP contribution < -0.4 is 11.3 Å². The van der Waals surface area contributed by atoms with E-state index < -0.39 is 42.6 Å². The highest BCUT2D eigenvalue weighted by Gasteiger charge is 2.44. The first-order valence-electron chi connectivity index (χ1n) is 6.75. The molecule has 11 nitrogen and oxygen atoms in total. The van der Waals surface area contributed by atoms with Crippen LogP contribution in [0.3, 0.4) is 0 Å². The van der Waals surface area contributed by atoms with Crippen LogP contribution in [-0.4, -0.2) is 65.2 Å². The van der Waals surface area contributed by atoms with Gasteiger partial charge in [0.1, 0.15) is 18.3 Å². The number of carbonyl (C=O) groups is 1. The van der Waals surface area contributed by atoms with Crippen molar-refractivity contribution in [2.75, 3.05) is 12.3 Å². The minimum absolute atomic E-state index is 0.000148. The molecule has 3 heterocycles. The SMILES string of the molecule is CC(=O)n1c(N)nc2c(ncn2[C@@H]2O[C@H](CO)[C@@H](O)[C@H]2O)c1=O. The van der Waals surface area contributed by atoms with Crippen molar-refractivity contribution in [3.8, 4) is 0 Å². The molecule has 5 N–H and O–H groups in total. The predicted molar refractivity (Wildman–Crippen MR) is 75.5 cm³/mol. The summed E-state index contributed by atoms with van der Waals surface area (Å²) in [6, 6.07) is 0. The number of ether oxygens (including phenoxy) is 1. The Bertz CT molecular complexity index is 829. The molecule has 4 atom stereocenters. The molecule has 0 saturated carbocycles. The Morgan fingerprint density at radius 1 is 1.43 bits per heavy atom. The summed E-state index contributed by atoms with van der Waals surface area (Å²) in [5.74, 6) is -0.937. The number of carbonyl (C=O) groups excluding carboxylic acids is 1. The van der Waals surface area contributed by atoms with Crippen molar-refractivity contribution in [2.45, 2.75) is 31.5 Å². The number of nitrogen functional groups attached to an aromatic ring is 1. The van der Waals surface area contributed by atoms with Crippen molar-refractivity contribution in [2.24, 2.45) is 0 Å². The summed E-state index contributed by atoms with van der Waals surface area (Å²) in [7, 11) is 0. The Hall–Kier alpha value is -2.34. The maximum atomic E-state index is 12.2. The third kappa shape index (κ3) is 2.21. The molecule has 2 aromatic heterocycles. The third-order valence-corrected chi connectivity index (χ3v) is 3.73. The fourth-order valence-corrected chi connectivity index (χ4v) is 2.59. The number of hydrogen-bond donors (Lipinski definition) is 4. The fraction of sp³-hybridized carbons (Fsp3) is 0.500. The highest BCUT2D eigenvalue weighted by Crippen LogP contribution is 2.30. The number of aliphatic hydroxyl groups is 3. The van der Waals surface area contributed by atoms with Gasteiger partial charge in [-0.3, -0.25) is 14.2 Å². The zero-order chi connectivity index (χ0) is 16.9. The van der Waals surface area contributed by atoms with Gasteiger partial charge in [0.2, 0.25) is 11.9 Å². The Kier molecular flexibility index (Phi) is 3.64. The first-order valence-corrected chi connectivity index (χ1v) is 6.75. The van der Waals surface area contributed by atoms with Gasteiger partial charge in [-0.2, -0.15) is 4.98 Å². The molecule has 0 aliphatic carbocycles. The Labute approximate surface area is 128 Å². The number of aromatic nitrogens is 4. The van der Waals surface area contributed by atoms with Gasteiger partial charge in [0, 0.05) is 6.92 Å². The number of anilines is 1. The molecule has 11 heteroatoms. The zero-order valence-corrected chi connectivity index (χ0v) is 12.0. The molecular weight excluding hydrogens is 310 g/mol. The van der Waals surface area contributed by atoms with E-state index in [1.165, 1.54) is 10.9 Å². The topological polar surface area (TPSA) is 166 Å². The maximum absolute atomic E-state index is 12.2. The van der Waals surface area contributed by atoms with Gasteiger partial charge in [0.05, 0.1) is 12.9 Å². The van der Waals surface area contributed by atoms with Crippen molar-refractivity contribution in [1.29, 1.82) is 0 Å². The molecule has 124 valence electrons. The summed E-state index contributed by atoms with van der Waals surface area (Å²) >= 11 is 0. The molecule has 0 amide bonds. The number of nitrogens with two attached hydrogens (primary N) is 1. The van der Waals surface area contributed by atoms with E-state index in [1.54, 1.807) is 0 Å². The standard InChI is InChI=1S/C12H15N5O6/c1-4(19)17-10(22)6-9(15-12(17)13)16(3-14-6)11-8(21)7(20)5(2-18)23-11/h3,5,7-8,11,18,20-21H,2H2,1H3,(H2,13,15)/t5-,7-,8-,11-/m1/s1. The quantitative estimate of drug-likeness (QED) is 0.464. The molecule has 2 aromatic rings. The molecule has 0 radical (unpaired) electrons. The summed E-state index contributed by atoms with van der Waals surface area (Å²) < 4.78 is 7.26. The van der Waals surface area contributed by atoms with Crippen LogP contribution in [0.5, 0.6) is 0 Å². The predicted octanol–water partition coefficient (Wildman–Crippen LogP) is -2.55. The van der Waals surface area contributed by atoms with Gasteiger partial charge in [-0.25, -0.2) is 9.55 Å². The molecule has 3 rings (SSSR count). The van der Waals surface area contributed by atoms with E-state index in [1.807, 2.05) is 0 Å². The lowest BCUT2D eigenvalue weighted by atomic mass is 10.1. The van der Waals surface area contributed by atoms with Crippen LogP contribution in [-0.2, 0) is 4.74 Å². The van der Waals surface area contributed by atoms with Gasteiger partial charge in [0.25, 0.3) is 5.56 Å². The highest BCUT2D eigenvalue weighted by molar-refractivity contribution is 5.82. The molecular formula is C12H15N5O6. The molecule has 1 aliphatic rings. The van der Waals surface area contributed by atoms with Crippen LogP contribution in [0.15, 0.2) is 11.1 Å². The Morgan fingerprint density at radius 3 is 2.70 bits per heavy atom. The van der Waals surface area contributed by atoms with Gasteiger partial charge in [-0.1, -0.05) is 0 Å². The number of imidazole rings is 1. The number of fused-ring (bicyclic) bond motifs is 1. The smallest absolute Gasteiger partial charge is 0.289 e. The minimum Gasteiger partial charge on any atom is -0.394 e. The van der Waals surface area contributed by atoms with Crippen LogP contribution >= 0.6 is 0 Å². The van der Waals surface area contributed by atoms with E-state index in [-0.39, 0.29) is 17.1 Å². The van der Waals surface area contributed by atoms with E-state index in [4.69, 9.17) is 15.6 Å². The highest BCUT2D eigenvalue weighted by atomic mass is 16.6. The van der Waals surface area contributed by atoms with Crippen molar-refractivity contribution < 1.29 is 24.9 Å². The van der Waals surface area contributed by atoms with Crippen molar-refractivity contribution in [3.05, 3.63) is 16.7 Å². The normalized spacial score (nSPS) is 27.7. The first-order chi connectivity index (χ1) is 10.9. The fourth-order valence-electron chi connectivity index (χ4n) is 2.59. The largest absolute Gasteiger partial charge is 0.394 e. The molecule has 23 heavy (non-hydrogen) atoms. The molecule has 0 aromatic carbocycles. The lowest BCUT2D eigenvalue weighted by molar-refractivity contribution is -0.0511.